The molecule has 0 fully saturated rings. The molecule has 0 amide bonds. The molecule has 23 heavy (non-hydrogen) atoms. The summed E-state index contributed by atoms with van der Waals surface area (Å²) in [5, 5.41) is 4.06. The Bertz CT molecular complexity index is 777. The van der Waals surface area contributed by atoms with Crippen molar-refractivity contribution in [1.82, 2.24) is 10.2 Å². The molecule has 0 saturated carbocycles. The molecule has 116 valence electrons. The van der Waals surface area contributed by atoms with Crippen LogP contribution in [0.4, 0.5) is 0 Å². The quantitative estimate of drug-likeness (QED) is 0.661. The van der Waals surface area contributed by atoms with Crippen LogP contribution >= 0.6 is 23.8 Å². The molecule has 0 aromatic heterocycles. The molecule has 6 heteroatoms. The van der Waals surface area contributed by atoms with Crippen LogP contribution in [0.25, 0.3) is 0 Å². The first-order chi connectivity index (χ1) is 11.2. The van der Waals surface area contributed by atoms with E-state index < -0.39 is 0 Å². The van der Waals surface area contributed by atoms with Gasteiger partial charge in [-0.2, -0.15) is 0 Å². The van der Waals surface area contributed by atoms with Gasteiger partial charge in [0.15, 0.2) is 10.9 Å². The first-order valence-corrected chi connectivity index (χ1v) is 7.92. The van der Waals surface area contributed by atoms with Crippen molar-refractivity contribution in [2.45, 2.75) is 6.54 Å². The molecule has 0 saturated heterocycles. The molecular formula is C17H15ClN4S. The first-order valence-electron chi connectivity index (χ1n) is 7.14. The Hall–Kier alpha value is -2.24. The van der Waals surface area contributed by atoms with Gasteiger partial charge in [0, 0.05) is 24.9 Å². The number of hydrogen-bond donors (Lipinski definition) is 1. The highest BCUT2D eigenvalue weighted by molar-refractivity contribution is 7.80. The van der Waals surface area contributed by atoms with Crippen LogP contribution in [-0.2, 0) is 6.54 Å². The van der Waals surface area contributed by atoms with Gasteiger partial charge in [-0.1, -0.05) is 41.9 Å². The zero-order chi connectivity index (χ0) is 16.2. The zero-order valence-electron chi connectivity index (χ0n) is 12.4. The van der Waals surface area contributed by atoms with E-state index in [1.807, 2.05) is 41.5 Å². The summed E-state index contributed by atoms with van der Waals surface area (Å²) < 4.78 is 0. The van der Waals surface area contributed by atoms with Crippen LogP contribution in [-0.4, -0.2) is 28.2 Å². The van der Waals surface area contributed by atoms with Gasteiger partial charge in [0.1, 0.15) is 5.84 Å². The van der Waals surface area contributed by atoms with Gasteiger partial charge < -0.3 is 10.2 Å². The van der Waals surface area contributed by atoms with Gasteiger partial charge in [0.2, 0.25) is 0 Å². The smallest absolute Gasteiger partial charge is 0.195 e. The number of rotatable bonds is 2. The summed E-state index contributed by atoms with van der Waals surface area (Å²) in [6.07, 6.45) is 7.30. The number of halogens is 1. The van der Waals surface area contributed by atoms with E-state index in [0.29, 0.717) is 29.1 Å². The van der Waals surface area contributed by atoms with Crippen molar-refractivity contribution >= 4 is 40.6 Å². The molecule has 0 aliphatic carbocycles. The normalized spacial score (nSPS) is 17.6. The van der Waals surface area contributed by atoms with Gasteiger partial charge in [0.25, 0.3) is 0 Å². The molecule has 1 N–H and O–H groups in total. The summed E-state index contributed by atoms with van der Waals surface area (Å²) in [4.78, 5) is 11.1. The standard InChI is InChI=1S/C17H15ClN4S/c1-2-9-19-17(23)21-16-14-6-4-3-5-12(14)10-22-11-13(18)7-8-15(22)20-16/h2-8,11H,1,9-10H2,(H,19,23). The van der Waals surface area contributed by atoms with Crippen LogP contribution < -0.4 is 5.32 Å². The van der Waals surface area contributed by atoms with E-state index in [-0.39, 0.29) is 0 Å². The molecule has 0 unspecified atom stereocenters. The van der Waals surface area contributed by atoms with E-state index in [0.717, 1.165) is 17.0 Å². The molecule has 0 radical (unpaired) electrons. The fraction of sp³-hybridized carbons (Fsp3) is 0.118. The second-order valence-corrected chi connectivity index (χ2v) is 5.84. The summed E-state index contributed by atoms with van der Waals surface area (Å²) >= 11 is 11.4. The maximum absolute atomic E-state index is 6.10. The Kier molecular flexibility index (Phi) is 4.69. The Labute approximate surface area is 145 Å². The van der Waals surface area contributed by atoms with E-state index in [2.05, 4.69) is 27.9 Å². The van der Waals surface area contributed by atoms with Crippen LogP contribution in [0.5, 0.6) is 0 Å². The zero-order valence-corrected chi connectivity index (χ0v) is 13.9. The number of allylic oxidation sites excluding steroid dienone is 2. The molecule has 1 aromatic carbocycles. The van der Waals surface area contributed by atoms with Crippen LogP contribution in [0.3, 0.4) is 0 Å². The molecule has 3 rings (SSSR count). The molecule has 2 heterocycles. The Morgan fingerprint density at radius 3 is 3.09 bits per heavy atom. The van der Waals surface area contributed by atoms with Gasteiger partial charge in [-0.15, -0.1) is 6.58 Å². The van der Waals surface area contributed by atoms with Gasteiger partial charge in [-0.3, -0.25) is 0 Å². The molecule has 0 atom stereocenters. The second kappa shape index (κ2) is 6.89. The molecule has 4 nitrogen and oxygen atoms in total. The van der Waals surface area contributed by atoms with Crippen molar-refractivity contribution in [2.24, 2.45) is 9.98 Å². The van der Waals surface area contributed by atoms with Crippen molar-refractivity contribution in [3.63, 3.8) is 0 Å². The highest BCUT2D eigenvalue weighted by Crippen LogP contribution is 2.23. The number of thiocarbonyl (C=S) groups is 1. The lowest BCUT2D eigenvalue weighted by molar-refractivity contribution is 0.554. The molecule has 0 bridgehead atoms. The summed E-state index contributed by atoms with van der Waals surface area (Å²) in [5.41, 5.74) is 2.09. The number of fused-ring (bicyclic) bond motifs is 2. The monoisotopic (exact) mass is 342 g/mol. The minimum atomic E-state index is 0.390. The van der Waals surface area contributed by atoms with E-state index in [1.54, 1.807) is 6.08 Å². The van der Waals surface area contributed by atoms with E-state index >= 15 is 0 Å². The Morgan fingerprint density at radius 2 is 2.26 bits per heavy atom. The first kappa shape index (κ1) is 15.6. The van der Waals surface area contributed by atoms with Crippen molar-refractivity contribution in [3.05, 3.63) is 71.4 Å². The van der Waals surface area contributed by atoms with Gasteiger partial charge >= 0.3 is 0 Å². The third kappa shape index (κ3) is 3.57. The van der Waals surface area contributed by atoms with Gasteiger partial charge in [-0.25, -0.2) is 9.98 Å². The van der Waals surface area contributed by atoms with Gasteiger partial charge in [-0.05, 0) is 29.9 Å². The van der Waals surface area contributed by atoms with Gasteiger partial charge in [0.05, 0.1) is 5.03 Å². The lowest BCUT2D eigenvalue weighted by atomic mass is 10.1. The number of nitrogens with one attached hydrogen (secondary N) is 1. The summed E-state index contributed by atoms with van der Waals surface area (Å²) in [7, 11) is 0. The Morgan fingerprint density at radius 1 is 1.43 bits per heavy atom. The number of nitrogens with zero attached hydrogens (tertiary/aromatic N) is 3. The molecule has 2 aliphatic rings. The SMILES string of the molecule is C=CCNC(=S)N=C1N=C2C=CC(Cl)=CN2Cc2ccccc21. The van der Waals surface area contributed by atoms with E-state index in [1.165, 1.54) is 0 Å². The minimum absolute atomic E-state index is 0.390. The van der Waals surface area contributed by atoms with Crippen molar-refractivity contribution < 1.29 is 0 Å². The minimum Gasteiger partial charge on any atom is -0.357 e. The predicted molar refractivity (Wildman–Crippen MR) is 99.8 cm³/mol. The summed E-state index contributed by atoms with van der Waals surface area (Å²) in [6, 6.07) is 8.03. The number of aliphatic imine (C=N–C) groups is 2. The third-order valence-electron chi connectivity index (χ3n) is 3.39. The number of amidine groups is 2. The van der Waals surface area contributed by atoms with Crippen LogP contribution in [0.1, 0.15) is 11.1 Å². The predicted octanol–water partition coefficient (Wildman–Crippen LogP) is 3.36. The van der Waals surface area contributed by atoms with Crippen molar-refractivity contribution in [1.29, 1.82) is 0 Å². The third-order valence-corrected chi connectivity index (χ3v) is 3.85. The molecule has 0 spiro atoms. The fourth-order valence-electron chi connectivity index (χ4n) is 2.35. The summed E-state index contributed by atoms with van der Waals surface area (Å²) in [6.45, 7) is 4.91. The van der Waals surface area contributed by atoms with Crippen LogP contribution in [0, 0.1) is 0 Å². The lowest BCUT2D eigenvalue weighted by Crippen LogP contribution is -2.25. The van der Waals surface area contributed by atoms with Crippen LogP contribution in [0.15, 0.2) is 70.3 Å². The fourth-order valence-corrected chi connectivity index (χ4v) is 2.70. The van der Waals surface area contributed by atoms with Crippen LogP contribution in [0.2, 0.25) is 0 Å². The Balaban J connectivity index is 2.04. The largest absolute Gasteiger partial charge is 0.357 e. The summed E-state index contributed by atoms with van der Waals surface area (Å²) in [5.74, 6) is 1.38. The topological polar surface area (TPSA) is 40.0 Å². The van der Waals surface area contributed by atoms with Crippen molar-refractivity contribution in [3.8, 4) is 0 Å². The maximum atomic E-state index is 6.10. The maximum Gasteiger partial charge on any atom is 0.195 e. The molecule has 1 aromatic rings. The van der Waals surface area contributed by atoms with E-state index in [4.69, 9.17) is 23.8 Å². The van der Waals surface area contributed by atoms with E-state index in [9.17, 15) is 0 Å². The van der Waals surface area contributed by atoms with Crippen molar-refractivity contribution in [2.75, 3.05) is 6.54 Å². The average Bonchev–Trinajstić information content (AvgIpc) is 2.69. The second-order valence-electron chi connectivity index (χ2n) is 5.01. The highest BCUT2D eigenvalue weighted by Gasteiger charge is 2.21. The lowest BCUT2D eigenvalue weighted by Gasteiger charge is -2.21. The number of hydrogen-bond acceptors (Lipinski definition) is 2. The highest BCUT2D eigenvalue weighted by atomic mass is 35.5. The average molecular weight is 343 g/mol. The molecule has 2 aliphatic heterocycles. The molecular weight excluding hydrogens is 328 g/mol. The number of benzene rings is 1.